The predicted molar refractivity (Wildman–Crippen MR) is 85.8 cm³/mol. The van der Waals surface area contributed by atoms with Gasteiger partial charge in [-0.15, -0.1) is 0 Å². The van der Waals surface area contributed by atoms with Crippen LogP contribution in [0.5, 0.6) is 0 Å². The van der Waals surface area contributed by atoms with Gasteiger partial charge in [0, 0.05) is 10.1 Å². The second kappa shape index (κ2) is 6.13. The topological polar surface area (TPSA) is 59.2 Å². The average Bonchev–Trinajstić information content (AvgIpc) is 3.03. The lowest BCUT2D eigenvalue weighted by atomic mass is 10.00. The van der Waals surface area contributed by atoms with Crippen LogP contribution in [0.4, 0.5) is 0 Å². The highest BCUT2D eigenvalue weighted by Gasteiger charge is 2.32. The largest absolute Gasteiger partial charge is 0.343 e. The van der Waals surface area contributed by atoms with Crippen molar-refractivity contribution in [3.05, 3.63) is 45.1 Å². The van der Waals surface area contributed by atoms with E-state index in [0.717, 1.165) is 40.5 Å². The van der Waals surface area contributed by atoms with Crippen molar-refractivity contribution in [2.75, 3.05) is 6.54 Å². The smallest absolute Gasteiger partial charge is 0.255 e. The first-order valence-corrected chi connectivity index (χ1v) is 8.08. The number of carbonyl (C=O) groups excluding carboxylic acids is 1. The fourth-order valence-electron chi connectivity index (χ4n) is 2.74. The number of benzene rings is 1. The van der Waals surface area contributed by atoms with E-state index in [1.54, 1.807) is 0 Å². The molecule has 1 aromatic carbocycles. The third-order valence-corrected chi connectivity index (χ3v) is 5.29. The molecule has 1 aromatic heterocycles. The molecule has 1 aliphatic heterocycles. The van der Waals surface area contributed by atoms with Crippen molar-refractivity contribution in [2.45, 2.75) is 32.2 Å². The number of hydrogen-bond acceptors (Lipinski definition) is 4. The Hall–Kier alpha value is -1.44. The van der Waals surface area contributed by atoms with Crippen molar-refractivity contribution in [1.82, 2.24) is 15.0 Å². The van der Waals surface area contributed by atoms with E-state index >= 15 is 0 Å². The lowest BCUT2D eigenvalue weighted by Crippen LogP contribution is -2.39. The molecule has 1 fully saturated rings. The van der Waals surface area contributed by atoms with Crippen molar-refractivity contribution in [2.24, 2.45) is 0 Å². The van der Waals surface area contributed by atoms with E-state index in [9.17, 15) is 4.79 Å². The maximum Gasteiger partial charge on any atom is 0.255 e. The summed E-state index contributed by atoms with van der Waals surface area (Å²) >= 11 is 2.24. The van der Waals surface area contributed by atoms with Crippen molar-refractivity contribution in [3.63, 3.8) is 0 Å². The van der Waals surface area contributed by atoms with Crippen LogP contribution in [0, 0.1) is 10.5 Å². The lowest BCUT2D eigenvalue weighted by Gasteiger charge is -2.34. The summed E-state index contributed by atoms with van der Waals surface area (Å²) in [5, 5.41) is 3.92. The average molecular weight is 397 g/mol. The predicted octanol–water partition coefficient (Wildman–Crippen LogP) is 3.35. The van der Waals surface area contributed by atoms with Gasteiger partial charge in [0.1, 0.15) is 0 Å². The summed E-state index contributed by atoms with van der Waals surface area (Å²) in [7, 11) is 0. The molecule has 5 nitrogen and oxygen atoms in total. The van der Waals surface area contributed by atoms with Crippen LogP contribution in [0.3, 0.4) is 0 Å². The van der Waals surface area contributed by atoms with Crippen LogP contribution in [0.1, 0.15) is 47.1 Å². The monoisotopic (exact) mass is 397 g/mol. The van der Waals surface area contributed by atoms with E-state index in [0.29, 0.717) is 5.82 Å². The molecule has 21 heavy (non-hydrogen) atoms. The molecule has 0 bridgehead atoms. The molecule has 2 heterocycles. The van der Waals surface area contributed by atoms with Crippen LogP contribution >= 0.6 is 22.6 Å². The molecule has 0 radical (unpaired) electrons. The summed E-state index contributed by atoms with van der Waals surface area (Å²) in [6.45, 7) is 2.76. The molecule has 2 aromatic rings. The Morgan fingerprint density at radius 2 is 2.29 bits per heavy atom. The standard InChI is InChI=1S/C15H16IN3O2/c1-10-5-4-6-11(13(10)16)15(20)19-8-3-2-7-12(19)14-17-9-21-18-14/h4-6,9,12H,2-3,7-8H2,1H3. The normalized spacial score (nSPS) is 18.8. The van der Waals surface area contributed by atoms with Crippen LogP contribution in [0.25, 0.3) is 0 Å². The minimum atomic E-state index is -0.0821. The molecule has 110 valence electrons. The highest BCUT2D eigenvalue weighted by molar-refractivity contribution is 14.1. The quantitative estimate of drug-likeness (QED) is 0.730. The molecule has 1 atom stereocenters. The Morgan fingerprint density at radius 1 is 1.43 bits per heavy atom. The third-order valence-electron chi connectivity index (χ3n) is 3.86. The molecule has 0 aliphatic carbocycles. The minimum absolute atomic E-state index is 0.0533. The highest BCUT2D eigenvalue weighted by atomic mass is 127. The molecule has 1 amide bonds. The molecule has 0 spiro atoms. The Labute approximate surface area is 136 Å². The number of likely N-dealkylation sites (tertiary alicyclic amines) is 1. The zero-order valence-electron chi connectivity index (χ0n) is 11.8. The van der Waals surface area contributed by atoms with Gasteiger partial charge in [0.2, 0.25) is 6.39 Å². The number of hydrogen-bond donors (Lipinski definition) is 0. The number of halogens is 1. The molecule has 1 unspecified atom stereocenters. The van der Waals surface area contributed by atoms with Gasteiger partial charge < -0.3 is 9.42 Å². The van der Waals surface area contributed by atoms with Gasteiger partial charge in [0.15, 0.2) is 5.82 Å². The van der Waals surface area contributed by atoms with Gasteiger partial charge >= 0.3 is 0 Å². The summed E-state index contributed by atoms with van der Waals surface area (Å²) < 4.78 is 5.86. The van der Waals surface area contributed by atoms with Gasteiger partial charge in [-0.25, -0.2) is 0 Å². The first kappa shape index (κ1) is 14.5. The van der Waals surface area contributed by atoms with Crippen LogP contribution in [0.15, 0.2) is 29.1 Å². The molecule has 0 N–H and O–H groups in total. The summed E-state index contributed by atoms with van der Waals surface area (Å²) in [6.07, 6.45) is 4.30. The van der Waals surface area contributed by atoms with E-state index in [1.165, 1.54) is 6.39 Å². The maximum absolute atomic E-state index is 12.9. The Kier molecular flexibility index (Phi) is 4.23. The molecular weight excluding hydrogens is 381 g/mol. The number of nitrogens with zero attached hydrogens (tertiary/aromatic N) is 3. The molecular formula is C15H16IN3O2. The Bertz CT molecular complexity index is 642. The minimum Gasteiger partial charge on any atom is -0.343 e. The van der Waals surface area contributed by atoms with Crippen LogP contribution in [-0.4, -0.2) is 27.5 Å². The van der Waals surface area contributed by atoms with Crippen LogP contribution in [-0.2, 0) is 0 Å². The summed E-state index contributed by atoms with van der Waals surface area (Å²) in [5.74, 6) is 0.656. The summed E-state index contributed by atoms with van der Waals surface area (Å²) in [6, 6.07) is 5.75. The van der Waals surface area contributed by atoms with Gasteiger partial charge in [-0.3, -0.25) is 4.79 Å². The van der Waals surface area contributed by atoms with Crippen LogP contribution in [0.2, 0.25) is 0 Å². The van der Waals surface area contributed by atoms with Gasteiger partial charge in [-0.1, -0.05) is 17.3 Å². The molecule has 6 heteroatoms. The van der Waals surface area contributed by atoms with Gasteiger partial charge in [-0.05, 0) is 60.4 Å². The third kappa shape index (κ3) is 2.81. The number of aryl methyl sites for hydroxylation is 1. The van der Waals surface area contributed by atoms with Crippen molar-refractivity contribution in [3.8, 4) is 0 Å². The van der Waals surface area contributed by atoms with Gasteiger partial charge in [0.05, 0.1) is 11.6 Å². The summed E-state index contributed by atoms with van der Waals surface area (Å²) in [4.78, 5) is 18.9. The fraction of sp³-hybridized carbons (Fsp3) is 0.400. The van der Waals surface area contributed by atoms with Crippen molar-refractivity contribution >= 4 is 28.5 Å². The fourth-order valence-corrected chi connectivity index (χ4v) is 3.33. The number of piperidine rings is 1. The first-order chi connectivity index (χ1) is 10.2. The van der Waals surface area contributed by atoms with E-state index in [4.69, 9.17) is 4.52 Å². The SMILES string of the molecule is Cc1cccc(C(=O)N2CCCCC2c2ncon2)c1I. The van der Waals surface area contributed by atoms with Gasteiger partial charge in [0.25, 0.3) is 5.91 Å². The highest BCUT2D eigenvalue weighted by Crippen LogP contribution is 2.31. The molecule has 1 aliphatic rings. The zero-order chi connectivity index (χ0) is 14.8. The zero-order valence-corrected chi connectivity index (χ0v) is 13.9. The van der Waals surface area contributed by atoms with E-state index < -0.39 is 0 Å². The number of amides is 1. The number of aromatic nitrogens is 2. The lowest BCUT2D eigenvalue weighted by molar-refractivity contribution is 0.0595. The van der Waals surface area contributed by atoms with E-state index in [1.807, 2.05) is 30.0 Å². The Balaban J connectivity index is 1.93. The van der Waals surface area contributed by atoms with Crippen molar-refractivity contribution in [1.29, 1.82) is 0 Å². The number of carbonyl (C=O) groups is 1. The maximum atomic E-state index is 12.9. The molecule has 0 saturated carbocycles. The molecule has 3 rings (SSSR count). The second-order valence-corrected chi connectivity index (χ2v) is 6.31. The van der Waals surface area contributed by atoms with E-state index in [-0.39, 0.29) is 11.9 Å². The van der Waals surface area contributed by atoms with Crippen LogP contribution < -0.4 is 0 Å². The second-order valence-electron chi connectivity index (χ2n) is 5.24. The van der Waals surface area contributed by atoms with E-state index in [2.05, 4.69) is 32.7 Å². The summed E-state index contributed by atoms with van der Waals surface area (Å²) in [5.41, 5.74) is 1.88. The first-order valence-electron chi connectivity index (χ1n) is 7.01. The molecule has 1 saturated heterocycles. The number of rotatable bonds is 2. The van der Waals surface area contributed by atoms with Crippen molar-refractivity contribution < 1.29 is 9.32 Å². The van der Waals surface area contributed by atoms with Gasteiger partial charge in [-0.2, -0.15) is 4.98 Å². The Morgan fingerprint density at radius 3 is 3.05 bits per heavy atom.